The van der Waals surface area contributed by atoms with Crippen molar-refractivity contribution in [2.24, 2.45) is 0 Å². The first-order valence-corrected chi connectivity index (χ1v) is 6.29. The second kappa shape index (κ2) is 6.39. The molecule has 0 saturated heterocycles. The SMILES string of the molecule is Cc1ccc(CNc2cc(OC(F)F)c(F)cc2N)cc1. The fourth-order valence-corrected chi connectivity index (χ4v) is 1.81. The number of nitrogens with two attached hydrogens (primary N) is 1. The lowest BCUT2D eigenvalue weighted by atomic mass is 10.1. The van der Waals surface area contributed by atoms with E-state index in [0.717, 1.165) is 23.3 Å². The Hall–Kier alpha value is -2.37. The van der Waals surface area contributed by atoms with Gasteiger partial charge in [-0.1, -0.05) is 29.8 Å². The molecule has 0 spiro atoms. The smallest absolute Gasteiger partial charge is 0.387 e. The summed E-state index contributed by atoms with van der Waals surface area (Å²) in [7, 11) is 0. The Bertz CT molecular complexity index is 615. The molecule has 0 radical (unpaired) electrons. The number of hydrogen-bond donors (Lipinski definition) is 2. The highest BCUT2D eigenvalue weighted by atomic mass is 19.3. The van der Waals surface area contributed by atoms with Gasteiger partial charge in [0.05, 0.1) is 11.4 Å². The Labute approximate surface area is 120 Å². The Morgan fingerprint density at radius 2 is 1.86 bits per heavy atom. The molecule has 0 aromatic heterocycles. The fourth-order valence-electron chi connectivity index (χ4n) is 1.81. The van der Waals surface area contributed by atoms with Crippen molar-refractivity contribution < 1.29 is 17.9 Å². The van der Waals surface area contributed by atoms with Crippen molar-refractivity contribution in [2.75, 3.05) is 11.1 Å². The fraction of sp³-hybridized carbons (Fsp3) is 0.200. The quantitative estimate of drug-likeness (QED) is 0.822. The second-order valence-corrected chi connectivity index (χ2v) is 4.59. The van der Waals surface area contributed by atoms with Gasteiger partial charge in [-0.05, 0) is 12.5 Å². The maximum absolute atomic E-state index is 13.4. The molecule has 0 amide bonds. The molecular weight excluding hydrogens is 281 g/mol. The largest absolute Gasteiger partial charge is 0.432 e. The van der Waals surface area contributed by atoms with Crippen molar-refractivity contribution in [2.45, 2.75) is 20.1 Å². The molecule has 112 valence electrons. The van der Waals surface area contributed by atoms with Gasteiger partial charge < -0.3 is 15.8 Å². The van der Waals surface area contributed by atoms with Crippen LogP contribution in [0.15, 0.2) is 36.4 Å². The summed E-state index contributed by atoms with van der Waals surface area (Å²) in [6.07, 6.45) is 0. The third-order valence-electron chi connectivity index (χ3n) is 2.92. The van der Waals surface area contributed by atoms with Crippen molar-refractivity contribution in [1.29, 1.82) is 0 Å². The zero-order valence-electron chi connectivity index (χ0n) is 11.4. The molecule has 0 bridgehead atoms. The molecule has 2 aromatic carbocycles. The molecule has 2 rings (SSSR count). The average Bonchev–Trinajstić information content (AvgIpc) is 2.42. The Kier molecular flexibility index (Phi) is 4.57. The maximum Gasteiger partial charge on any atom is 0.387 e. The first-order valence-electron chi connectivity index (χ1n) is 6.29. The first kappa shape index (κ1) is 15.0. The number of ether oxygens (including phenoxy) is 1. The molecule has 0 saturated carbocycles. The van der Waals surface area contributed by atoms with Crippen LogP contribution in [0.5, 0.6) is 5.75 Å². The molecule has 0 atom stereocenters. The van der Waals surface area contributed by atoms with Crippen molar-refractivity contribution in [3.05, 3.63) is 53.3 Å². The van der Waals surface area contributed by atoms with Crippen molar-refractivity contribution in [3.63, 3.8) is 0 Å². The van der Waals surface area contributed by atoms with Crippen LogP contribution in [-0.2, 0) is 6.54 Å². The normalized spacial score (nSPS) is 10.7. The van der Waals surface area contributed by atoms with E-state index in [1.807, 2.05) is 31.2 Å². The molecular formula is C15H15F3N2O. The summed E-state index contributed by atoms with van der Waals surface area (Å²) < 4.78 is 41.9. The number of alkyl halides is 2. The van der Waals surface area contributed by atoms with Crippen molar-refractivity contribution in [3.8, 4) is 5.75 Å². The average molecular weight is 296 g/mol. The first-order chi connectivity index (χ1) is 9.95. The third kappa shape index (κ3) is 4.05. The zero-order valence-corrected chi connectivity index (χ0v) is 11.4. The van der Waals surface area contributed by atoms with E-state index < -0.39 is 18.2 Å². The number of nitrogen functional groups attached to an aromatic ring is 1. The van der Waals surface area contributed by atoms with Gasteiger partial charge in [0, 0.05) is 18.7 Å². The molecule has 0 aliphatic heterocycles. The number of aryl methyl sites for hydroxylation is 1. The van der Waals surface area contributed by atoms with E-state index in [0.29, 0.717) is 12.2 Å². The standard InChI is InChI=1S/C15H15F3N2O/c1-9-2-4-10(5-3-9)8-20-13-7-14(21-15(17)18)11(16)6-12(13)19/h2-7,15,20H,8,19H2,1H3. The number of benzene rings is 2. The molecule has 0 fully saturated rings. The van der Waals surface area contributed by atoms with E-state index in [1.54, 1.807) is 0 Å². The highest BCUT2D eigenvalue weighted by Crippen LogP contribution is 2.29. The molecule has 2 aromatic rings. The molecule has 3 nitrogen and oxygen atoms in total. The van der Waals surface area contributed by atoms with E-state index in [4.69, 9.17) is 5.73 Å². The van der Waals surface area contributed by atoms with Crippen LogP contribution >= 0.6 is 0 Å². The van der Waals surface area contributed by atoms with Gasteiger partial charge in [0.2, 0.25) is 0 Å². The third-order valence-corrected chi connectivity index (χ3v) is 2.92. The molecule has 0 aliphatic rings. The summed E-state index contributed by atoms with van der Waals surface area (Å²) in [6.45, 7) is -0.680. The number of anilines is 2. The molecule has 6 heteroatoms. The predicted molar refractivity (Wildman–Crippen MR) is 76.0 cm³/mol. The predicted octanol–water partition coefficient (Wildman–Crippen LogP) is 3.93. The summed E-state index contributed by atoms with van der Waals surface area (Å²) >= 11 is 0. The molecule has 0 unspecified atom stereocenters. The number of hydrogen-bond acceptors (Lipinski definition) is 3. The van der Waals surface area contributed by atoms with Crippen LogP contribution in [0.3, 0.4) is 0 Å². The lowest BCUT2D eigenvalue weighted by Gasteiger charge is -2.13. The Balaban J connectivity index is 2.13. The van der Waals surface area contributed by atoms with E-state index >= 15 is 0 Å². The molecule has 21 heavy (non-hydrogen) atoms. The van der Waals surface area contributed by atoms with Crippen LogP contribution in [-0.4, -0.2) is 6.61 Å². The lowest BCUT2D eigenvalue weighted by Crippen LogP contribution is -2.07. The highest BCUT2D eigenvalue weighted by molar-refractivity contribution is 5.68. The summed E-state index contributed by atoms with van der Waals surface area (Å²) in [5.41, 5.74) is 8.25. The van der Waals surface area contributed by atoms with Crippen LogP contribution < -0.4 is 15.8 Å². The Morgan fingerprint density at radius 1 is 1.19 bits per heavy atom. The van der Waals surface area contributed by atoms with Gasteiger partial charge in [-0.2, -0.15) is 8.78 Å². The topological polar surface area (TPSA) is 47.3 Å². The summed E-state index contributed by atoms with van der Waals surface area (Å²) in [5.74, 6) is -1.46. The van der Waals surface area contributed by atoms with Crippen LogP contribution in [0.25, 0.3) is 0 Å². The number of rotatable bonds is 5. The molecule has 0 heterocycles. The van der Waals surface area contributed by atoms with Gasteiger partial charge in [0.1, 0.15) is 0 Å². The monoisotopic (exact) mass is 296 g/mol. The van der Waals surface area contributed by atoms with Crippen LogP contribution in [0, 0.1) is 12.7 Å². The summed E-state index contributed by atoms with van der Waals surface area (Å²) in [6, 6.07) is 9.85. The van der Waals surface area contributed by atoms with Crippen molar-refractivity contribution >= 4 is 11.4 Å². The maximum atomic E-state index is 13.4. The van der Waals surface area contributed by atoms with E-state index in [2.05, 4.69) is 10.1 Å². The highest BCUT2D eigenvalue weighted by Gasteiger charge is 2.13. The summed E-state index contributed by atoms with van der Waals surface area (Å²) in [5, 5.41) is 2.97. The number of nitrogens with one attached hydrogen (secondary N) is 1. The molecule has 0 aliphatic carbocycles. The summed E-state index contributed by atoms with van der Waals surface area (Å²) in [4.78, 5) is 0. The second-order valence-electron chi connectivity index (χ2n) is 4.59. The molecule has 3 N–H and O–H groups in total. The minimum atomic E-state index is -3.09. The van der Waals surface area contributed by atoms with E-state index in [-0.39, 0.29) is 5.69 Å². The zero-order chi connectivity index (χ0) is 15.4. The van der Waals surface area contributed by atoms with Gasteiger partial charge >= 0.3 is 6.61 Å². The van der Waals surface area contributed by atoms with Crippen LogP contribution in [0.1, 0.15) is 11.1 Å². The van der Waals surface area contributed by atoms with Crippen LogP contribution in [0.4, 0.5) is 24.5 Å². The minimum absolute atomic E-state index is 0.126. The van der Waals surface area contributed by atoms with E-state index in [1.165, 1.54) is 0 Å². The van der Waals surface area contributed by atoms with Gasteiger partial charge in [-0.25, -0.2) is 4.39 Å². The van der Waals surface area contributed by atoms with E-state index in [9.17, 15) is 13.2 Å². The van der Waals surface area contributed by atoms with Gasteiger partial charge in [-0.3, -0.25) is 0 Å². The lowest BCUT2D eigenvalue weighted by molar-refractivity contribution is -0.0521. The van der Waals surface area contributed by atoms with Crippen LogP contribution in [0.2, 0.25) is 0 Å². The van der Waals surface area contributed by atoms with Crippen molar-refractivity contribution in [1.82, 2.24) is 0 Å². The minimum Gasteiger partial charge on any atom is -0.432 e. The number of halogens is 3. The van der Waals surface area contributed by atoms with Gasteiger partial charge in [-0.15, -0.1) is 0 Å². The Morgan fingerprint density at radius 3 is 2.48 bits per heavy atom. The van der Waals surface area contributed by atoms with Gasteiger partial charge in [0.15, 0.2) is 11.6 Å². The van der Waals surface area contributed by atoms with Gasteiger partial charge in [0.25, 0.3) is 0 Å².